The highest BCUT2D eigenvalue weighted by molar-refractivity contribution is 5.85. The Bertz CT molecular complexity index is 781. The largest absolute Gasteiger partial charge is 0.366 e. The molecule has 7 heteroatoms. The van der Waals surface area contributed by atoms with E-state index in [9.17, 15) is 9.18 Å². The Morgan fingerprint density at radius 1 is 0.926 bits per heavy atom. The predicted molar refractivity (Wildman–Crippen MR) is 110 cm³/mol. The van der Waals surface area contributed by atoms with E-state index < -0.39 is 0 Å². The highest BCUT2D eigenvalue weighted by Crippen LogP contribution is 2.21. The molecule has 0 spiro atoms. The number of fused-ring (bicyclic) bond motifs is 1. The summed E-state index contributed by atoms with van der Waals surface area (Å²) in [6.07, 6.45) is 0.739. The number of rotatable bonds is 2. The van der Waals surface area contributed by atoms with Gasteiger partial charge in [-0.15, -0.1) is 24.8 Å². The summed E-state index contributed by atoms with van der Waals surface area (Å²) >= 11 is 0. The van der Waals surface area contributed by atoms with Gasteiger partial charge >= 0.3 is 0 Å². The lowest BCUT2D eigenvalue weighted by Gasteiger charge is -2.38. The summed E-state index contributed by atoms with van der Waals surface area (Å²) in [6, 6.07) is 14.9. The van der Waals surface area contributed by atoms with E-state index in [2.05, 4.69) is 17.4 Å². The summed E-state index contributed by atoms with van der Waals surface area (Å²) in [4.78, 5) is 16.8. The van der Waals surface area contributed by atoms with Gasteiger partial charge in [0.1, 0.15) is 5.82 Å². The van der Waals surface area contributed by atoms with Gasteiger partial charge in [0.15, 0.2) is 0 Å². The van der Waals surface area contributed by atoms with Crippen molar-refractivity contribution in [3.05, 3.63) is 65.5 Å². The van der Waals surface area contributed by atoms with Gasteiger partial charge in [-0.1, -0.05) is 36.4 Å². The molecule has 1 saturated heterocycles. The number of benzene rings is 2. The van der Waals surface area contributed by atoms with Crippen molar-refractivity contribution in [1.29, 1.82) is 0 Å². The SMILES string of the molecule is Cl.Cl.O=C(C1Cc2ccccc2CN1)N1CCN(c2ccccc2F)CC1. The van der Waals surface area contributed by atoms with Crippen LogP contribution in [0.5, 0.6) is 0 Å². The number of para-hydroxylation sites is 1. The number of hydrogen-bond donors (Lipinski definition) is 1. The summed E-state index contributed by atoms with van der Waals surface area (Å²) < 4.78 is 13.9. The third kappa shape index (κ3) is 4.54. The van der Waals surface area contributed by atoms with Crippen molar-refractivity contribution in [3.8, 4) is 0 Å². The van der Waals surface area contributed by atoms with E-state index in [0.717, 1.165) is 13.0 Å². The van der Waals surface area contributed by atoms with E-state index in [0.29, 0.717) is 31.9 Å². The third-order valence-electron chi connectivity index (χ3n) is 5.16. The fourth-order valence-electron chi connectivity index (χ4n) is 3.73. The average Bonchev–Trinajstić information content (AvgIpc) is 2.67. The number of nitrogens with one attached hydrogen (secondary N) is 1. The molecule has 1 unspecified atom stereocenters. The minimum atomic E-state index is -0.201. The van der Waals surface area contributed by atoms with Crippen molar-refractivity contribution in [2.75, 3.05) is 31.1 Å². The van der Waals surface area contributed by atoms with Crippen LogP contribution in [-0.2, 0) is 17.8 Å². The Balaban J connectivity index is 0.00000131. The molecule has 2 aliphatic rings. The molecule has 27 heavy (non-hydrogen) atoms. The zero-order valence-corrected chi connectivity index (χ0v) is 16.6. The maximum atomic E-state index is 13.9. The molecular formula is C20H24Cl2FN3O. The lowest BCUT2D eigenvalue weighted by atomic mass is 9.95. The minimum Gasteiger partial charge on any atom is -0.366 e. The molecule has 0 aromatic heterocycles. The maximum Gasteiger partial charge on any atom is 0.240 e. The first-order valence-electron chi connectivity index (χ1n) is 8.81. The van der Waals surface area contributed by atoms with Gasteiger partial charge in [0, 0.05) is 32.7 Å². The number of amides is 1. The van der Waals surface area contributed by atoms with E-state index in [4.69, 9.17) is 0 Å². The number of carbonyl (C=O) groups is 1. The van der Waals surface area contributed by atoms with Crippen molar-refractivity contribution >= 4 is 36.4 Å². The first kappa shape index (κ1) is 21.5. The molecule has 2 aliphatic heterocycles. The predicted octanol–water partition coefficient (Wildman–Crippen LogP) is 3.03. The third-order valence-corrected chi connectivity index (χ3v) is 5.16. The zero-order chi connectivity index (χ0) is 17.2. The Kier molecular flexibility index (Phi) is 7.48. The average molecular weight is 412 g/mol. The van der Waals surface area contributed by atoms with Gasteiger partial charge in [0.05, 0.1) is 11.7 Å². The van der Waals surface area contributed by atoms with Crippen LogP contribution in [0.25, 0.3) is 0 Å². The summed E-state index contributed by atoms with van der Waals surface area (Å²) in [5.74, 6) is -0.0458. The number of halogens is 3. The molecule has 0 radical (unpaired) electrons. The van der Waals surface area contributed by atoms with Crippen LogP contribution in [-0.4, -0.2) is 43.0 Å². The highest BCUT2D eigenvalue weighted by Gasteiger charge is 2.30. The molecule has 1 fully saturated rings. The van der Waals surface area contributed by atoms with Crippen LogP contribution >= 0.6 is 24.8 Å². The van der Waals surface area contributed by atoms with Crippen molar-refractivity contribution in [3.63, 3.8) is 0 Å². The van der Waals surface area contributed by atoms with Gasteiger partial charge in [-0.2, -0.15) is 0 Å². The Hall–Kier alpha value is -1.82. The number of carbonyl (C=O) groups excluding carboxylic acids is 1. The summed E-state index contributed by atoms with van der Waals surface area (Å²) in [7, 11) is 0. The molecule has 1 amide bonds. The van der Waals surface area contributed by atoms with Gasteiger partial charge in [-0.3, -0.25) is 4.79 Å². The van der Waals surface area contributed by atoms with Crippen molar-refractivity contribution < 1.29 is 9.18 Å². The molecule has 1 atom stereocenters. The highest BCUT2D eigenvalue weighted by atomic mass is 35.5. The molecule has 1 N–H and O–H groups in total. The molecule has 0 saturated carbocycles. The molecule has 146 valence electrons. The standard InChI is InChI=1S/C20H22FN3O.2ClH/c21-17-7-3-4-8-19(17)23-9-11-24(12-10-23)20(25)18-13-15-5-1-2-6-16(15)14-22-18;;/h1-8,18,22H,9-14H2;2*1H. The second-order valence-corrected chi connectivity index (χ2v) is 6.67. The lowest BCUT2D eigenvalue weighted by molar-refractivity contribution is -0.134. The maximum absolute atomic E-state index is 13.9. The Morgan fingerprint density at radius 2 is 1.56 bits per heavy atom. The Morgan fingerprint density at radius 3 is 2.26 bits per heavy atom. The first-order valence-corrected chi connectivity index (χ1v) is 8.81. The van der Waals surface area contributed by atoms with Gasteiger partial charge < -0.3 is 15.1 Å². The quantitative estimate of drug-likeness (QED) is 0.824. The van der Waals surface area contributed by atoms with Crippen molar-refractivity contribution in [2.24, 2.45) is 0 Å². The molecule has 2 aromatic rings. The summed E-state index contributed by atoms with van der Waals surface area (Å²) in [5, 5.41) is 3.36. The van der Waals surface area contributed by atoms with E-state index in [1.54, 1.807) is 12.1 Å². The van der Waals surface area contributed by atoms with Gasteiger partial charge in [-0.05, 0) is 29.7 Å². The van der Waals surface area contributed by atoms with Crippen LogP contribution in [0, 0.1) is 5.82 Å². The fourth-order valence-corrected chi connectivity index (χ4v) is 3.73. The first-order chi connectivity index (χ1) is 12.2. The van der Waals surface area contributed by atoms with Crippen LogP contribution in [0.1, 0.15) is 11.1 Å². The molecule has 2 aromatic carbocycles. The van der Waals surface area contributed by atoms with Crippen LogP contribution in [0.4, 0.5) is 10.1 Å². The molecule has 0 bridgehead atoms. The van der Waals surface area contributed by atoms with Gasteiger partial charge in [-0.25, -0.2) is 4.39 Å². The van der Waals surface area contributed by atoms with E-state index in [-0.39, 0.29) is 42.6 Å². The van der Waals surface area contributed by atoms with E-state index in [1.807, 2.05) is 28.0 Å². The summed E-state index contributed by atoms with van der Waals surface area (Å²) in [6.45, 7) is 3.33. The van der Waals surface area contributed by atoms with E-state index in [1.165, 1.54) is 17.2 Å². The second-order valence-electron chi connectivity index (χ2n) is 6.67. The normalized spacial score (nSPS) is 18.8. The summed E-state index contributed by atoms with van der Waals surface area (Å²) in [5.41, 5.74) is 3.15. The Labute approximate surface area is 171 Å². The van der Waals surface area contributed by atoms with Crippen molar-refractivity contribution in [1.82, 2.24) is 10.2 Å². The molecular weight excluding hydrogens is 388 g/mol. The van der Waals surface area contributed by atoms with Crippen molar-refractivity contribution in [2.45, 2.75) is 19.0 Å². The zero-order valence-electron chi connectivity index (χ0n) is 14.9. The van der Waals surface area contributed by atoms with Gasteiger partial charge in [0.25, 0.3) is 0 Å². The van der Waals surface area contributed by atoms with E-state index >= 15 is 0 Å². The molecule has 4 nitrogen and oxygen atoms in total. The minimum absolute atomic E-state index is 0. The molecule has 0 aliphatic carbocycles. The van der Waals surface area contributed by atoms with Crippen LogP contribution in [0.15, 0.2) is 48.5 Å². The number of piperazine rings is 1. The molecule has 2 heterocycles. The topological polar surface area (TPSA) is 35.6 Å². The van der Waals surface area contributed by atoms with Crippen LogP contribution in [0.3, 0.4) is 0 Å². The number of nitrogens with zero attached hydrogens (tertiary/aromatic N) is 2. The van der Waals surface area contributed by atoms with Crippen LogP contribution < -0.4 is 10.2 Å². The monoisotopic (exact) mass is 411 g/mol. The smallest absolute Gasteiger partial charge is 0.240 e. The number of hydrogen-bond acceptors (Lipinski definition) is 3. The number of anilines is 1. The molecule has 4 rings (SSSR count). The fraction of sp³-hybridized carbons (Fsp3) is 0.350. The second kappa shape index (κ2) is 9.40. The van der Waals surface area contributed by atoms with Crippen LogP contribution in [0.2, 0.25) is 0 Å². The lowest BCUT2D eigenvalue weighted by Crippen LogP contribution is -2.55. The van der Waals surface area contributed by atoms with Gasteiger partial charge in [0.2, 0.25) is 5.91 Å².